The molecule has 0 fully saturated rings. The SMILES string of the molecule is CCCCN(CCCC)c1ccnc(NCC)n1. The molecule has 0 aliphatic heterocycles. The maximum atomic E-state index is 4.57. The summed E-state index contributed by atoms with van der Waals surface area (Å²) in [6.45, 7) is 9.53. The van der Waals surface area contributed by atoms with E-state index in [1.165, 1.54) is 25.7 Å². The molecular formula is C14H26N4. The maximum Gasteiger partial charge on any atom is 0.224 e. The van der Waals surface area contributed by atoms with E-state index in [9.17, 15) is 0 Å². The predicted molar refractivity (Wildman–Crippen MR) is 78.2 cm³/mol. The van der Waals surface area contributed by atoms with Gasteiger partial charge in [-0.25, -0.2) is 4.98 Å². The molecule has 1 N–H and O–H groups in total. The summed E-state index contributed by atoms with van der Waals surface area (Å²) < 4.78 is 0. The quantitative estimate of drug-likeness (QED) is 0.730. The highest BCUT2D eigenvalue weighted by molar-refractivity contribution is 5.42. The summed E-state index contributed by atoms with van der Waals surface area (Å²) in [5.41, 5.74) is 0. The van der Waals surface area contributed by atoms with Crippen molar-refractivity contribution >= 4 is 11.8 Å². The zero-order valence-electron chi connectivity index (χ0n) is 11.9. The summed E-state index contributed by atoms with van der Waals surface area (Å²) in [5.74, 6) is 1.77. The molecule has 0 aromatic carbocycles. The van der Waals surface area contributed by atoms with Crippen molar-refractivity contribution in [3.8, 4) is 0 Å². The molecule has 1 rings (SSSR count). The topological polar surface area (TPSA) is 41.1 Å². The molecule has 0 aliphatic rings. The van der Waals surface area contributed by atoms with Gasteiger partial charge < -0.3 is 10.2 Å². The molecule has 0 radical (unpaired) electrons. The predicted octanol–water partition coefficient (Wildman–Crippen LogP) is 3.32. The van der Waals surface area contributed by atoms with E-state index in [4.69, 9.17) is 0 Å². The van der Waals surface area contributed by atoms with Gasteiger partial charge in [-0.05, 0) is 25.8 Å². The third kappa shape index (κ3) is 4.90. The fraction of sp³-hybridized carbons (Fsp3) is 0.714. The Kier molecular flexibility index (Phi) is 7.14. The van der Waals surface area contributed by atoms with Crippen molar-refractivity contribution in [3.63, 3.8) is 0 Å². The van der Waals surface area contributed by atoms with E-state index in [1.54, 1.807) is 0 Å². The molecule has 18 heavy (non-hydrogen) atoms. The van der Waals surface area contributed by atoms with Crippen LogP contribution in [0.4, 0.5) is 11.8 Å². The minimum atomic E-state index is 0.730. The van der Waals surface area contributed by atoms with Crippen molar-refractivity contribution in [1.82, 2.24) is 9.97 Å². The average Bonchev–Trinajstić information content (AvgIpc) is 2.40. The van der Waals surface area contributed by atoms with Crippen molar-refractivity contribution in [3.05, 3.63) is 12.3 Å². The molecule has 1 aromatic rings. The number of anilines is 2. The largest absolute Gasteiger partial charge is 0.356 e. The summed E-state index contributed by atoms with van der Waals surface area (Å²) in [4.78, 5) is 11.2. The van der Waals surface area contributed by atoms with E-state index in [2.05, 4.69) is 41.0 Å². The van der Waals surface area contributed by atoms with E-state index in [1.807, 2.05) is 12.3 Å². The Hall–Kier alpha value is -1.32. The van der Waals surface area contributed by atoms with Crippen LogP contribution in [0.1, 0.15) is 46.5 Å². The van der Waals surface area contributed by atoms with Gasteiger partial charge in [-0.15, -0.1) is 0 Å². The van der Waals surface area contributed by atoms with Crippen molar-refractivity contribution < 1.29 is 0 Å². The standard InChI is InChI=1S/C14H26N4/c1-4-7-11-18(12-8-5-2)13-9-10-16-14(17-13)15-6-3/h9-10H,4-8,11-12H2,1-3H3,(H,15,16,17). The van der Waals surface area contributed by atoms with Crippen LogP contribution < -0.4 is 10.2 Å². The molecule has 0 unspecified atom stereocenters. The van der Waals surface area contributed by atoms with Gasteiger partial charge in [-0.2, -0.15) is 4.98 Å². The van der Waals surface area contributed by atoms with Crippen LogP contribution in [-0.4, -0.2) is 29.6 Å². The van der Waals surface area contributed by atoms with Gasteiger partial charge in [0.1, 0.15) is 5.82 Å². The molecule has 4 heteroatoms. The van der Waals surface area contributed by atoms with Crippen LogP contribution in [0.15, 0.2) is 12.3 Å². The van der Waals surface area contributed by atoms with Crippen LogP contribution in [0.2, 0.25) is 0 Å². The van der Waals surface area contributed by atoms with Gasteiger partial charge in [-0.3, -0.25) is 0 Å². The molecule has 0 bridgehead atoms. The Balaban J connectivity index is 2.72. The second kappa shape index (κ2) is 8.72. The van der Waals surface area contributed by atoms with Gasteiger partial charge in [0, 0.05) is 25.8 Å². The van der Waals surface area contributed by atoms with Crippen LogP contribution in [-0.2, 0) is 0 Å². The molecular weight excluding hydrogens is 224 g/mol. The minimum Gasteiger partial charge on any atom is -0.356 e. The Bertz CT molecular complexity index is 319. The van der Waals surface area contributed by atoms with Gasteiger partial charge in [0.2, 0.25) is 5.95 Å². The molecule has 0 saturated carbocycles. The van der Waals surface area contributed by atoms with E-state index < -0.39 is 0 Å². The van der Waals surface area contributed by atoms with E-state index >= 15 is 0 Å². The van der Waals surface area contributed by atoms with E-state index in [-0.39, 0.29) is 0 Å². The lowest BCUT2D eigenvalue weighted by molar-refractivity contribution is 0.670. The first-order valence-corrected chi connectivity index (χ1v) is 7.13. The number of nitrogens with zero attached hydrogens (tertiary/aromatic N) is 3. The number of rotatable bonds is 9. The lowest BCUT2D eigenvalue weighted by atomic mass is 10.2. The number of aromatic nitrogens is 2. The molecule has 0 atom stereocenters. The highest BCUT2D eigenvalue weighted by atomic mass is 15.2. The van der Waals surface area contributed by atoms with Crippen molar-refractivity contribution in [2.24, 2.45) is 0 Å². The molecule has 102 valence electrons. The van der Waals surface area contributed by atoms with Gasteiger partial charge in [-0.1, -0.05) is 26.7 Å². The van der Waals surface area contributed by atoms with Crippen molar-refractivity contribution in [2.75, 3.05) is 29.9 Å². The number of hydrogen-bond acceptors (Lipinski definition) is 4. The number of nitrogens with one attached hydrogen (secondary N) is 1. The lowest BCUT2D eigenvalue weighted by Crippen LogP contribution is -2.26. The summed E-state index contributed by atoms with van der Waals surface area (Å²) >= 11 is 0. The Labute approximate surface area is 111 Å². The summed E-state index contributed by atoms with van der Waals surface area (Å²) in [6, 6.07) is 2.01. The fourth-order valence-electron chi connectivity index (χ4n) is 1.81. The molecule has 0 spiro atoms. The zero-order chi connectivity index (χ0) is 13.2. The Morgan fingerprint density at radius 2 is 1.78 bits per heavy atom. The smallest absolute Gasteiger partial charge is 0.224 e. The molecule has 0 saturated heterocycles. The molecule has 1 heterocycles. The second-order valence-corrected chi connectivity index (χ2v) is 4.46. The number of unbranched alkanes of at least 4 members (excludes halogenated alkanes) is 2. The maximum absolute atomic E-state index is 4.57. The van der Waals surface area contributed by atoms with Gasteiger partial charge >= 0.3 is 0 Å². The first kappa shape index (κ1) is 14.7. The molecule has 4 nitrogen and oxygen atoms in total. The first-order valence-electron chi connectivity index (χ1n) is 7.13. The molecule has 1 aromatic heterocycles. The normalized spacial score (nSPS) is 10.4. The van der Waals surface area contributed by atoms with E-state index in [0.29, 0.717) is 0 Å². The summed E-state index contributed by atoms with van der Waals surface area (Å²) in [7, 11) is 0. The van der Waals surface area contributed by atoms with Crippen LogP contribution in [0.25, 0.3) is 0 Å². The minimum absolute atomic E-state index is 0.730. The fourth-order valence-corrected chi connectivity index (χ4v) is 1.81. The lowest BCUT2D eigenvalue weighted by Gasteiger charge is -2.23. The second-order valence-electron chi connectivity index (χ2n) is 4.46. The van der Waals surface area contributed by atoms with Gasteiger partial charge in [0.15, 0.2) is 0 Å². The van der Waals surface area contributed by atoms with Crippen LogP contribution in [0, 0.1) is 0 Å². The van der Waals surface area contributed by atoms with Crippen LogP contribution >= 0.6 is 0 Å². The average molecular weight is 250 g/mol. The molecule has 0 aliphatic carbocycles. The van der Waals surface area contributed by atoms with Gasteiger partial charge in [0.05, 0.1) is 0 Å². The van der Waals surface area contributed by atoms with E-state index in [0.717, 1.165) is 31.4 Å². The number of hydrogen-bond donors (Lipinski definition) is 1. The monoisotopic (exact) mass is 250 g/mol. The third-order valence-electron chi connectivity index (χ3n) is 2.86. The Morgan fingerprint density at radius 1 is 1.11 bits per heavy atom. The highest BCUT2D eigenvalue weighted by Gasteiger charge is 2.07. The van der Waals surface area contributed by atoms with Crippen LogP contribution in [0.3, 0.4) is 0 Å². The third-order valence-corrected chi connectivity index (χ3v) is 2.86. The summed E-state index contributed by atoms with van der Waals surface area (Å²) in [6.07, 6.45) is 6.70. The van der Waals surface area contributed by atoms with Crippen molar-refractivity contribution in [1.29, 1.82) is 0 Å². The Morgan fingerprint density at radius 3 is 2.33 bits per heavy atom. The molecule has 0 amide bonds. The van der Waals surface area contributed by atoms with Gasteiger partial charge in [0.25, 0.3) is 0 Å². The summed E-state index contributed by atoms with van der Waals surface area (Å²) in [5, 5.41) is 3.17. The van der Waals surface area contributed by atoms with Crippen molar-refractivity contribution in [2.45, 2.75) is 46.5 Å². The highest BCUT2D eigenvalue weighted by Crippen LogP contribution is 2.14. The van der Waals surface area contributed by atoms with Crippen LogP contribution in [0.5, 0.6) is 0 Å². The zero-order valence-corrected chi connectivity index (χ0v) is 11.9. The first-order chi connectivity index (χ1) is 8.81.